The van der Waals surface area contributed by atoms with E-state index in [-0.39, 0.29) is 35.4 Å². The molecule has 0 aliphatic carbocycles. The molecule has 0 aromatic heterocycles. The first-order valence-corrected chi connectivity index (χ1v) is 10.2. The van der Waals surface area contributed by atoms with Crippen LogP contribution in [0.3, 0.4) is 0 Å². The minimum absolute atomic E-state index is 0.0255. The van der Waals surface area contributed by atoms with E-state index in [2.05, 4.69) is 0 Å². The van der Waals surface area contributed by atoms with Crippen molar-refractivity contribution in [3.8, 4) is 0 Å². The molecule has 0 radical (unpaired) electrons. The van der Waals surface area contributed by atoms with Gasteiger partial charge in [0.1, 0.15) is 0 Å². The minimum Gasteiger partial charge on any atom is -0.283 e. The van der Waals surface area contributed by atoms with Gasteiger partial charge in [-0.1, -0.05) is 12.1 Å². The van der Waals surface area contributed by atoms with Crippen LogP contribution in [0.2, 0.25) is 0 Å². The molecule has 9 nitrogen and oxygen atoms in total. The smallest absolute Gasteiger partial charge is 0.261 e. The van der Waals surface area contributed by atoms with Gasteiger partial charge in [0, 0.05) is 46.3 Å². The molecule has 1 fully saturated rings. The van der Waals surface area contributed by atoms with Crippen LogP contribution in [0.25, 0.3) is 0 Å². The first-order chi connectivity index (χ1) is 14.6. The van der Waals surface area contributed by atoms with Gasteiger partial charge in [0.15, 0.2) is 0 Å². The van der Waals surface area contributed by atoms with Gasteiger partial charge in [-0.05, 0) is 32.9 Å². The number of hydrogen-bond donors (Lipinski definition) is 0. The van der Waals surface area contributed by atoms with Crippen molar-refractivity contribution in [3.05, 3.63) is 35.4 Å². The van der Waals surface area contributed by atoms with Crippen molar-refractivity contribution < 1.29 is 28.8 Å². The largest absolute Gasteiger partial charge is 0.283 e. The Bertz CT molecular complexity index is 813. The fourth-order valence-corrected chi connectivity index (χ4v) is 3.17. The maximum Gasteiger partial charge on any atom is 0.261 e. The average Bonchev–Trinajstić information content (AvgIpc) is 3.18. The SMILES string of the molecule is CCN(C(C)=O)C(C)=O.CCN1C(=O)CCC1=O.CCN1C(=O)c2ccccc2C1=O. The number of hydrogen-bond acceptors (Lipinski definition) is 6. The normalized spacial score (nSPS) is 14.5. The highest BCUT2D eigenvalue weighted by Gasteiger charge is 2.33. The Balaban J connectivity index is 0.000000240. The highest BCUT2D eigenvalue weighted by molar-refractivity contribution is 6.21. The number of imide groups is 3. The molecule has 0 N–H and O–H groups in total. The Hall–Kier alpha value is -3.36. The lowest BCUT2D eigenvalue weighted by molar-refractivity contribution is -0.142. The molecule has 0 saturated carbocycles. The first-order valence-electron chi connectivity index (χ1n) is 10.2. The Labute approximate surface area is 182 Å². The Morgan fingerprint density at radius 3 is 1.39 bits per heavy atom. The van der Waals surface area contributed by atoms with Gasteiger partial charge in [-0.2, -0.15) is 0 Å². The number of rotatable bonds is 3. The summed E-state index contributed by atoms with van der Waals surface area (Å²) in [6.07, 6.45) is 0.819. The molecule has 1 aromatic rings. The highest BCUT2D eigenvalue weighted by Crippen LogP contribution is 2.21. The van der Waals surface area contributed by atoms with Gasteiger partial charge in [-0.15, -0.1) is 0 Å². The van der Waals surface area contributed by atoms with Gasteiger partial charge in [0.05, 0.1) is 11.1 Å². The second-order valence-electron chi connectivity index (χ2n) is 6.71. The van der Waals surface area contributed by atoms with Crippen LogP contribution in [-0.2, 0) is 19.2 Å². The summed E-state index contributed by atoms with van der Waals surface area (Å²) < 4.78 is 0. The first kappa shape index (κ1) is 25.7. The zero-order chi connectivity index (χ0) is 23.7. The molecule has 1 saturated heterocycles. The van der Waals surface area contributed by atoms with E-state index in [1.54, 1.807) is 45.0 Å². The van der Waals surface area contributed by atoms with E-state index in [4.69, 9.17) is 0 Å². The summed E-state index contributed by atoms with van der Waals surface area (Å²) >= 11 is 0. The highest BCUT2D eigenvalue weighted by atomic mass is 16.2. The topological polar surface area (TPSA) is 112 Å². The molecular formula is C22H29N3O6. The standard InChI is InChI=1S/C10H9NO2.C6H9NO2.C6H11NO2/c1-2-11-9(12)7-5-3-4-6-8(7)10(11)13;1-2-7-5(8)3-4-6(7)9;1-4-7(5(2)8)6(3)9/h3-6H,2H2,1H3;2-4H2,1H3;4H2,1-3H3. The third-order valence-corrected chi connectivity index (χ3v) is 4.74. The monoisotopic (exact) mass is 431 g/mol. The molecule has 6 amide bonds. The van der Waals surface area contributed by atoms with Crippen LogP contribution in [0.1, 0.15) is 68.2 Å². The van der Waals surface area contributed by atoms with Gasteiger partial charge in [-0.3, -0.25) is 43.5 Å². The van der Waals surface area contributed by atoms with E-state index in [1.165, 1.54) is 28.5 Å². The van der Waals surface area contributed by atoms with E-state index < -0.39 is 0 Å². The molecule has 0 unspecified atom stereocenters. The van der Waals surface area contributed by atoms with Crippen LogP contribution in [0, 0.1) is 0 Å². The van der Waals surface area contributed by atoms with Crippen molar-refractivity contribution in [2.45, 2.75) is 47.5 Å². The van der Waals surface area contributed by atoms with Crippen LogP contribution in [0.5, 0.6) is 0 Å². The number of carbonyl (C=O) groups is 6. The summed E-state index contributed by atoms with van der Waals surface area (Å²) in [7, 11) is 0. The molecule has 0 atom stereocenters. The summed E-state index contributed by atoms with van der Waals surface area (Å²) in [5, 5.41) is 0. The quantitative estimate of drug-likeness (QED) is 0.675. The zero-order valence-corrected chi connectivity index (χ0v) is 18.6. The summed E-state index contributed by atoms with van der Waals surface area (Å²) in [6, 6.07) is 6.91. The lowest BCUT2D eigenvalue weighted by Crippen LogP contribution is -2.32. The number of benzene rings is 1. The number of nitrogens with zero attached hydrogens (tertiary/aromatic N) is 3. The molecule has 2 heterocycles. The second-order valence-corrected chi connectivity index (χ2v) is 6.71. The molecule has 2 aliphatic heterocycles. The molecule has 1 aromatic carbocycles. The molecule has 2 aliphatic rings. The number of amides is 6. The van der Waals surface area contributed by atoms with E-state index in [1.807, 2.05) is 0 Å². The van der Waals surface area contributed by atoms with Crippen molar-refractivity contribution in [1.82, 2.24) is 14.7 Å². The van der Waals surface area contributed by atoms with Crippen LogP contribution in [0.4, 0.5) is 0 Å². The third kappa shape index (κ3) is 6.31. The van der Waals surface area contributed by atoms with Crippen molar-refractivity contribution in [2.24, 2.45) is 0 Å². The lowest BCUT2D eigenvalue weighted by Gasteiger charge is -2.12. The second kappa shape index (κ2) is 11.7. The van der Waals surface area contributed by atoms with Gasteiger partial charge in [0.2, 0.25) is 23.6 Å². The Morgan fingerprint density at radius 2 is 1.16 bits per heavy atom. The van der Waals surface area contributed by atoms with E-state index in [0.717, 1.165) is 0 Å². The van der Waals surface area contributed by atoms with Gasteiger partial charge in [0.25, 0.3) is 11.8 Å². The predicted molar refractivity (Wildman–Crippen MR) is 113 cm³/mol. The summed E-state index contributed by atoms with van der Waals surface area (Å²) in [5.74, 6) is -0.786. The van der Waals surface area contributed by atoms with Crippen LogP contribution in [-0.4, -0.2) is 69.8 Å². The fourth-order valence-electron chi connectivity index (χ4n) is 3.17. The maximum absolute atomic E-state index is 11.5. The zero-order valence-electron chi connectivity index (χ0n) is 18.6. The molecule has 3 rings (SSSR count). The number of likely N-dealkylation sites (tertiary alicyclic amines) is 1. The number of carbonyl (C=O) groups excluding carboxylic acids is 6. The molecule has 9 heteroatoms. The van der Waals surface area contributed by atoms with Crippen LogP contribution in [0.15, 0.2) is 24.3 Å². The Kier molecular flexibility index (Phi) is 9.72. The fraction of sp³-hybridized carbons (Fsp3) is 0.455. The molecule has 0 bridgehead atoms. The third-order valence-electron chi connectivity index (χ3n) is 4.74. The van der Waals surface area contributed by atoms with Crippen LogP contribution >= 0.6 is 0 Å². The van der Waals surface area contributed by atoms with E-state index in [0.29, 0.717) is 43.6 Å². The van der Waals surface area contributed by atoms with E-state index >= 15 is 0 Å². The van der Waals surface area contributed by atoms with E-state index in [9.17, 15) is 28.8 Å². The summed E-state index contributed by atoms with van der Waals surface area (Å²) in [5.41, 5.74) is 1.05. The molecule has 168 valence electrons. The van der Waals surface area contributed by atoms with Gasteiger partial charge in [-0.25, -0.2) is 0 Å². The minimum atomic E-state index is -0.190. The average molecular weight is 431 g/mol. The summed E-state index contributed by atoms with van der Waals surface area (Å²) in [4.78, 5) is 69.3. The van der Waals surface area contributed by atoms with Crippen molar-refractivity contribution in [2.75, 3.05) is 19.6 Å². The predicted octanol–water partition coefficient (Wildman–Crippen LogP) is 1.86. The molecule has 0 spiro atoms. The van der Waals surface area contributed by atoms with Crippen LogP contribution < -0.4 is 0 Å². The van der Waals surface area contributed by atoms with Crippen molar-refractivity contribution in [1.29, 1.82) is 0 Å². The lowest BCUT2D eigenvalue weighted by atomic mass is 10.1. The number of fused-ring (bicyclic) bond motifs is 1. The summed E-state index contributed by atoms with van der Waals surface area (Å²) in [6.45, 7) is 9.55. The molecular weight excluding hydrogens is 402 g/mol. The van der Waals surface area contributed by atoms with Gasteiger partial charge >= 0.3 is 0 Å². The van der Waals surface area contributed by atoms with Crippen molar-refractivity contribution >= 4 is 35.4 Å². The molecule has 31 heavy (non-hydrogen) atoms. The van der Waals surface area contributed by atoms with Crippen molar-refractivity contribution in [3.63, 3.8) is 0 Å². The van der Waals surface area contributed by atoms with Gasteiger partial charge < -0.3 is 0 Å². The Morgan fingerprint density at radius 1 is 0.774 bits per heavy atom. The maximum atomic E-state index is 11.5.